The molecule has 0 bridgehead atoms. The molecule has 1 aromatic carbocycles. The van der Waals surface area contributed by atoms with Crippen molar-refractivity contribution in [2.75, 3.05) is 33.3 Å². The third-order valence-corrected chi connectivity index (χ3v) is 7.48. The van der Waals surface area contributed by atoms with Gasteiger partial charge in [0.1, 0.15) is 5.75 Å². The Morgan fingerprint density at radius 1 is 1.14 bits per heavy atom. The molecule has 3 N–H and O–H groups in total. The van der Waals surface area contributed by atoms with Gasteiger partial charge in [-0.2, -0.15) is 0 Å². The Hall–Kier alpha value is -2.46. The number of carbonyl (C=O) groups is 2. The van der Waals surface area contributed by atoms with Crippen molar-refractivity contribution in [3.63, 3.8) is 0 Å². The maximum absolute atomic E-state index is 13.7. The van der Waals surface area contributed by atoms with Crippen molar-refractivity contribution in [1.82, 2.24) is 25.8 Å². The van der Waals surface area contributed by atoms with E-state index in [1.54, 1.807) is 7.05 Å². The topological polar surface area (TPSA) is 85.9 Å². The molecule has 2 fully saturated rings. The lowest BCUT2D eigenvalue weighted by Gasteiger charge is -2.38. The van der Waals surface area contributed by atoms with Crippen LogP contribution < -0.4 is 20.7 Å². The van der Waals surface area contributed by atoms with E-state index in [9.17, 15) is 18.4 Å². The number of ether oxygens (including phenoxy) is 1. The molecule has 3 amide bonds. The molecule has 0 aliphatic carbocycles. The van der Waals surface area contributed by atoms with E-state index in [1.807, 2.05) is 25.7 Å². The van der Waals surface area contributed by atoms with Crippen LogP contribution in [0.1, 0.15) is 48.0 Å². The third kappa shape index (κ3) is 7.10. The van der Waals surface area contributed by atoms with Crippen LogP contribution in [0.15, 0.2) is 18.2 Å². The van der Waals surface area contributed by atoms with Crippen LogP contribution in [0.25, 0.3) is 0 Å². The number of urea groups is 1. The lowest BCUT2D eigenvalue weighted by atomic mass is 9.85. The highest BCUT2D eigenvalue weighted by Gasteiger charge is 2.51. The molecule has 208 valence electrons. The van der Waals surface area contributed by atoms with Gasteiger partial charge in [0.25, 0.3) is 0 Å². The van der Waals surface area contributed by atoms with Crippen LogP contribution in [-0.4, -0.2) is 85.2 Å². The molecule has 2 aliphatic heterocycles. The number of rotatable bonds is 9. The minimum Gasteiger partial charge on any atom is -0.493 e. The Labute approximate surface area is 219 Å². The van der Waals surface area contributed by atoms with Crippen LogP contribution >= 0.6 is 0 Å². The Morgan fingerprint density at radius 2 is 1.84 bits per heavy atom. The van der Waals surface area contributed by atoms with Crippen LogP contribution in [0, 0.1) is 23.0 Å². The molecule has 0 spiro atoms. The smallest absolute Gasteiger partial charge is 0.317 e. The fourth-order valence-corrected chi connectivity index (χ4v) is 5.21. The molecule has 3 rings (SSSR count). The van der Waals surface area contributed by atoms with Gasteiger partial charge in [-0.3, -0.25) is 9.69 Å². The fourth-order valence-electron chi connectivity index (χ4n) is 5.21. The molecule has 0 aromatic heterocycles. The quantitative estimate of drug-likeness (QED) is 0.464. The lowest BCUT2D eigenvalue weighted by molar-refractivity contribution is -0.124. The number of hydrogen-bond acceptors (Lipinski definition) is 5. The van der Waals surface area contributed by atoms with Gasteiger partial charge in [0.2, 0.25) is 5.91 Å². The SMILES string of the molecule is CN[C@@H](C)C(=O)N[C@H](CN1CC[C@@H]2[C@H]1[C@@H](COc1ccc(F)c(F)c1)CN2C(=O)NC(C)C)C(C)(C)C. The molecule has 8 nitrogen and oxygen atoms in total. The number of carbonyl (C=O) groups excluding carboxylic acids is 2. The Morgan fingerprint density at radius 3 is 2.43 bits per heavy atom. The minimum atomic E-state index is -0.957. The average Bonchev–Trinajstić information content (AvgIpc) is 3.38. The van der Waals surface area contributed by atoms with Gasteiger partial charge in [-0.05, 0) is 51.8 Å². The number of likely N-dealkylation sites (N-methyl/N-ethyl adjacent to an activating group) is 1. The number of likely N-dealkylation sites (tertiary alicyclic amines) is 2. The van der Waals surface area contributed by atoms with E-state index in [4.69, 9.17) is 4.74 Å². The largest absolute Gasteiger partial charge is 0.493 e. The lowest BCUT2D eigenvalue weighted by Crippen LogP contribution is -2.56. The van der Waals surface area contributed by atoms with E-state index in [-0.39, 0.29) is 65.8 Å². The monoisotopic (exact) mass is 523 g/mol. The van der Waals surface area contributed by atoms with Gasteiger partial charge in [0.05, 0.1) is 18.7 Å². The Kier molecular flexibility index (Phi) is 9.39. The summed E-state index contributed by atoms with van der Waals surface area (Å²) in [6.07, 6.45) is 0.815. The van der Waals surface area contributed by atoms with Crippen molar-refractivity contribution in [1.29, 1.82) is 0 Å². The highest BCUT2D eigenvalue weighted by atomic mass is 19.2. The van der Waals surface area contributed by atoms with Crippen molar-refractivity contribution in [3.05, 3.63) is 29.8 Å². The first-order chi connectivity index (χ1) is 17.3. The zero-order chi connectivity index (χ0) is 27.5. The van der Waals surface area contributed by atoms with Gasteiger partial charge < -0.3 is 25.6 Å². The van der Waals surface area contributed by atoms with Gasteiger partial charge in [-0.1, -0.05) is 20.8 Å². The fraction of sp³-hybridized carbons (Fsp3) is 0.704. The van der Waals surface area contributed by atoms with E-state index in [1.165, 1.54) is 6.07 Å². The first kappa shape index (κ1) is 29.1. The Balaban J connectivity index is 1.80. The summed E-state index contributed by atoms with van der Waals surface area (Å²) in [5.74, 6) is -1.71. The second kappa shape index (κ2) is 11.9. The summed E-state index contributed by atoms with van der Waals surface area (Å²) in [6.45, 7) is 14.2. The molecule has 2 aliphatic rings. The van der Waals surface area contributed by atoms with Crippen molar-refractivity contribution < 1.29 is 23.1 Å². The summed E-state index contributed by atoms with van der Waals surface area (Å²) in [4.78, 5) is 30.0. The van der Waals surface area contributed by atoms with Gasteiger partial charge in [0.15, 0.2) is 11.6 Å². The molecule has 2 heterocycles. The van der Waals surface area contributed by atoms with Crippen LogP contribution in [0.2, 0.25) is 0 Å². The van der Waals surface area contributed by atoms with Crippen molar-refractivity contribution in [2.24, 2.45) is 11.3 Å². The number of nitrogens with one attached hydrogen (secondary N) is 3. The van der Waals surface area contributed by atoms with Crippen LogP contribution in [-0.2, 0) is 4.79 Å². The normalized spacial score (nSPS) is 23.6. The van der Waals surface area contributed by atoms with Gasteiger partial charge >= 0.3 is 6.03 Å². The predicted octanol–water partition coefficient (Wildman–Crippen LogP) is 2.98. The molecule has 0 radical (unpaired) electrons. The molecular formula is C27H43F2N5O3. The molecule has 5 atom stereocenters. The standard InChI is InChI=1S/C27H43F2N5O3/c1-16(2)31-26(36)34-13-18(15-37-19-8-9-20(28)21(29)12-19)24-22(34)10-11-33(24)14-23(27(4,5)6)32-25(35)17(3)30-7/h8-9,12,16-18,22-24,30H,10-11,13-15H2,1-7H3,(H,31,36)(H,32,35)/t17-,18+,22+,23+,24+/m0/s1. The van der Waals surface area contributed by atoms with E-state index in [0.29, 0.717) is 13.1 Å². The second-order valence-corrected chi connectivity index (χ2v) is 11.7. The van der Waals surface area contributed by atoms with E-state index < -0.39 is 11.6 Å². The number of halogens is 2. The molecule has 10 heteroatoms. The zero-order valence-corrected chi connectivity index (χ0v) is 23.1. The second-order valence-electron chi connectivity index (χ2n) is 11.7. The van der Waals surface area contributed by atoms with Crippen molar-refractivity contribution in [2.45, 2.75) is 78.2 Å². The maximum atomic E-state index is 13.7. The maximum Gasteiger partial charge on any atom is 0.317 e. The number of hydrogen-bond donors (Lipinski definition) is 3. The summed E-state index contributed by atoms with van der Waals surface area (Å²) >= 11 is 0. The minimum absolute atomic E-state index is 0.00450. The first-order valence-corrected chi connectivity index (χ1v) is 13.2. The molecule has 0 unspecified atom stereocenters. The highest BCUT2D eigenvalue weighted by Crippen LogP contribution is 2.37. The number of amides is 3. The van der Waals surface area contributed by atoms with Gasteiger partial charge in [-0.25, -0.2) is 13.6 Å². The molecule has 1 aromatic rings. The van der Waals surface area contributed by atoms with E-state index in [2.05, 4.69) is 41.6 Å². The summed E-state index contributed by atoms with van der Waals surface area (Å²) in [6, 6.07) is 3.02. The van der Waals surface area contributed by atoms with Crippen LogP contribution in [0.5, 0.6) is 5.75 Å². The molecular weight excluding hydrogens is 480 g/mol. The molecule has 37 heavy (non-hydrogen) atoms. The first-order valence-electron chi connectivity index (χ1n) is 13.2. The zero-order valence-electron chi connectivity index (χ0n) is 23.1. The number of benzene rings is 1. The van der Waals surface area contributed by atoms with Crippen LogP contribution in [0.3, 0.4) is 0 Å². The van der Waals surface area contributed by atoms with E-state index >= 15 is 0 Å². The summed E-state index contributed by atoms with van der Waals surface area (Å²) in [5.41, 5.74) is -0.188. The van der Waals surface area contributed by atoms with Crippen molar-refractivity contribution >= 4 is 11.9 Å². The predicted molar refractivity (Wildman–Crippen MR) is 139 cm³/mol. The van der Waals surface area contributed by atoms with Gasteiger partial charge in [-0.15, -0.1) is 0 Å². The molecule has 0 saturated carbocycles. The third-order valence-electron chi connectivity index (χ3n) is 7.48. The van der Waals surface area contributed by atoms with E-state index in [0.717, 1.165) is 25.1 Å². The van der Waals surface area contributed by atoms with Crippen molar-refractivity contribution in [3.8, 4) is 5.75 Å². The Bertz CT molecular complexity index is 954. The number of fused-ring (bicyclic) bond motifs is 1. The highest BCUT2D eigenvalue weighted by molar-refractivity contribution is 5.81. The summed E-state index contributed by atoms with van der Waals surface area (Å²) in [5, 5.41) is 9.21. The summed E-state index contributed by atoms with van der Waals surface area (Å²) in [7, 11) is 1.76. The van der Waals surface area contributed by atoms with Crippen LogP contribution in [0.4, 0.5) is 13.6 Å². The van der Waals surface area contributed by atoms with Gasteiger partial charge in [0, 0.05) is 49.7 Å². The number of nitrogens with zero attached hydrogens (tertiary/aromatic N) is 2. The summed E-state index contributed by atoms with van der Waals surface area (Å²) < 4.78 is 33.0. The average molecular weight is 524 g/mol. The molecule has 2 saturated heterocycles.